The fourth-order valence-corrected chi connectivity index (χ4v) is 1.26. The summed E-state index contributed by atoms with van der Waals surface area (Å²) in [7, 11) is 3.25. The van der Waals surface area contributed by atoms with Gasteiger partial charge in [-0.15, -0.1) is 0 Å². The zero-order valence-corrected chi connectivity index (χ0v) is 11.5. The van der Waals surface area contributed by atoms with Gasteiger partial charge in [0.05, 0.1) is 13.2 Å². The van der Waals surface area contributed by atoms with Gasteiger partial charge in [0.1, 0.15) is 0 Å². The van der Waals surface area contributed by atoms with Crippen LogP contribution in [0.15, 0.2) is 60.7 Å². The Hall–Kier alpha value is -1.68. The summed E-state index contributed by atoms with van der Waals surface area (Å²) in [4.78, 5) is 0. The van der Waals surface area contributed by atoms with Crippen LogP contribution < -0.4 is 0 Å². The summed E-state index contributed by atoms with van der Waals surface area (Å²) in [6.07, 6.45) is 0. The molecule has 0 aromatic heterocycles. The second kappa shape index (κ2) is 12.8. The van der Waals surface area contributed by atoms with Crippen LogP contribution in [0.25, 0.3) is 11.1 Å². The highest BCUT2D eigenvalue weighted by Gasteiger charge is 1.91. The number of hydrogen-bond donors (Lipinski definition) is 2. The Kier molecular flexibility index (Phi) is 11.6. The summed E-state index contributed by atoms with van der Waals surface area (Å²) < 4.78 is 4.25. The minimum atomic E-state index is -0.125. The van der Waals surface area contributed by atoms with E-state index in [1.807, 2.05) is 12.1 Å². The first kappa shape index (κ1) is 17.3. The molecule has 0 fully saturated rings. The Morgan fingerprint density at radius 2 is 0.947 bits per heavy atom. The van der Waals surface area contributed by atoms with Gasteiger partial charge in [-0.25, -0.2) is 0 Å². The molecule has 3 nitrogen and oxygen atoms in total. The van der Waals surface area contributed by atoms with Crippen molar-refractivity contribution in [2.45, 2.75) is 0 Å². The Labute approximate surface area is 115 Å². The third-order valence-corrected chi connectivity index (χ3v) is 1.98. The topological polar surface area (TPSA) is 49.7 Å². The summed E-state index contributed by atoms with van der Waals surface area (Å²) in [5.74, 6) is 0. The molecule has 2 N–H and O–H groups in total. The lowest BCUT2D eigenvalue weighted by atomic mass is 10.1. The number of rotatable bonds is 2. The summed E-state index contributed by atoms with van der Waals surface area (Å²) >= 11 is 0. The molecule has 0 aliphatic carbocycles. The van der Waals surface area contributed by atoms with Crippen LogP contribution in [-0.4, -0.2) is 37.6 Å². The van der Waals surface area contributed by atoms with Crippen molar-refractivity contribution >= 4 is 0 Å². The van der Waals surface area contributed by atoms with Gasteiger partial charge < -0.3 is 14.9 Å². The van der Waals surface area contributed by atoms with Crippen molar-refractivity contribution in [3.05, 3.63) is 60.7 Å². The number of benzene rings is 2. The van der Waals surface area contributed by atoms with Gasteiger partial charge in [-0.1, -0.05) is 60.7 Å². The molecule has 2 rings (SSSR count). The molecule has 0 amide bonds. The van der Waals surface area contributed by atoms with E-state index in [-0.39, 0.29) is 13.2 Å². The lowest BCUT2D eigenvalue weighted by Gasteiger charge is -1.98. The molecule has 0 heterocycles. The van der Waals surface area contributed by atoms with Crippen molar-refractivity contribution in [3.63, 3.8) is 0 Å². The molecule has 19 heavy (non-hydrogen) atoms. The van der Waals surface area contributed by atoms with E-state index < -0.39 is 0 Å². The molecule has 3 heteroatoms. The normalized spacial score (nSPS) is 8.63. The molecule has 2 aromatic carbocycles. The molecule has 0 radical (unpaired) electrons. The summed E-state index contributed by atoms with van der Waals surface area (Å²) in [6, 6.07) is 20.8. The molecule has 2 aromatic rings. The second-order valence-corrected chi connectivity index (χ2v) is 3.59. The van der Waals surface area contributed by atoms with Gasteiger partial charge in [0.25, 0.3) is 0 Å². The monoisotopic (exact) mass is 262 g/mol. The van der Waals surface area contributed by atoms with E-state index in [4.69, 9.17) is 10.2 Å². The van der Waals surface area contributed by atoms with Crippen LogP contribution in [0.4, 0.5) is 0 Å². The smallest absolute Gasteiger partial charge is 0.0662 e. The van der Waals surface area contributed by atoms with Crippen molar-refractivity contribution in [2.24, 2.45) is 0 Å². The predicted molar refractivity (Wildman–Crippen MR) is 79.0 cm³/mol. The zero-order valence-electron chi connectivity index (χ0n) is 11.5. The van der Waals surface area contributed by atoms with Gasteiger partial charge in [-0.3, -0.25) is 0 Å². The van der Waals surface area contributed by atoms with Crippen molar-refractivity contribution < 1.29 is 14.9 Å². The van der Waals surface area contributed by atoms with Gasteiger partial charge in [0.15, 0.2) is 0 Å². The van der Waals surface area contributed by atoms with E-state index in [2.05, 4.69) is 53.3 Å². The molecule has 0 spiro atoms. The van der Waals surface area contributed by atoms with E-state index in [0.717, 1.165) is 0 Å². The average Bonchev–Trinajstić information content (AvgIpc) is 2.50. The minimum absolute atomic E-state index is 0.125. The second-order valence-electron chi connectivity index (χ2n) is 3.59. The highest BCUT2D eigenvalue weighted by atomic mass is 16.4. The summed E-state index contributed by atoms with van der Waals surface area (Å²) in [6.45, 7) is -0.250. The summed E-state index contributed by atoms with van der Waals surface area (Å²) in [5, 5.41) is 15.2. The Bertz CT molecular complexity index is 348. The molecule has 0 saturated heterocycles. The van der Waals surface area contributed by atoms with Crippen molar-refractivity contribution in [1.29, 1.82) is 0 Å². The molecule has 0 atom stereocenters. The van der Waals surface area contributed by atoms with Gasteiger partial charge in [0.2, 0.25) is 0 Å². The third kappa shape index (κ3) is 8.97. The SMILES string of the molecule is COC.OCCO.c1ccc(-c2ccccc2)cc1. The number of aliphatic hydroxyl groups is 2. The molecular weight excluding hydrogens is 240 g/mol. The summed E-state index contributed by atoms with van der Waals surface area (Å²) in [5.41, 5.74) is 2.55. The number of aliphatic hydroxyl groups excluding tert-OH is 2. The number of ether oxygens (including phenoxy) is 1. The van der Waals surface area contributed by atoms with Crippen LogP contribution in [0.1, 0.15) is 0 Å². The fourth-order valence-electron chi connectivity index (χ4n) is 1.26. The molecular formula is C16H22O3. The molecule has 104 valence electrons. The maximum Gasteiger partial charge on any atom is 0.0662 e. The van der Waals surface area contributed by atoms with E-state index in [0.29, 0.717) is 0 Å². The van der Waals surface area contributed by atoms with Gasteiger partial charge >= 0.3 is 0 Å². The van der Waals surface area contributed by atoms with Crippen LogP contribution in [0, 0.1) is 0 Å². The van der Waals surface area contributed by atoms with Gasteiger partial charge in [-0.05, 0) is 11.1 Å². The largest absolute Gasteiger partial charge is 0.394 e. The van der Waals surface area contributed by atoms with Crippen LogP contribution in [-0.2, 0) is 4.74 Å². The van der Waals surface area contributed by atoms with Crippen LogP contribution in [0.5, 0.6) is 0 Å². The van der Waals surface area contributed by atoms with Crippen molar-refractivity contribution in [2.75, 3.05) is 27.4 Å². The van der Waals surface area contributed by atoms with Crippen molar-refractivity contribution in [1.82, 2.24) is 0 Å². The van der Waals surface area contributed by atoms with E-state index >= 15 is 0 Å². The number of methoxy groups -OCH3 is 1. The lowest BCUT2D eigenvalue weighted by molar-refractivity contribution is 0.186. The molecule has 0 saturated carbocycles. The van der Waals surface area contributed by atoms with Gasteiger partial charge in [0, 0.05) is 14.2 Å². The minimum Gasteiger partial charge on any atom is -0.394 e. The molecule has 0 bridgehead atoms. The first-order chi connectivity index (χ1) is 9.29. The van der Waals surface area contributed by atoms with E-state index in [9.17, 15) is 0 Å². The molecule has 0 aliphatic rings. The average molecular weight is 262 g/mol. The van der Waals surface area contributed by atoms with E-state index in [1.165, 1.54) is 11.1 Å². The molecule has 0 unspecified atom stereocenters. The maximum absolute atomic E-state index is 7.62. The zero-order chi connectivity index (χ0) is 14.3. The Morgan fingerprint density at radius 1 is 0.684 bits per heavy atom. The van der Waals surface area contributed by atoms with Crippen LogP contribution in [0.3, 0.4) is 0 Å². The first-order valence-electron chi connectivity index (χ1n) is 6.02. The maximum atomic E-state index is 7.62. The van der Waals surface area contributed by atoms with Crippen molar-refractivity contribution in [3.8, 4) is 11.1 Å². The lowest BCUT2D eigenvalue weighted by Crippen LogP contribution is -1.85. The highest BCUT2D eigenvalue weighted by molar-refractivity contribution is 5.62. The van der Waals surface area contributed by atoms with E-state index in [1.54, 1.807) is 14.2 Å². The molecule has 0 aliphatic heterocycles. The van der Waals surface area contributed by atoms with Crippen LogP contribution >= 0.6 is 0 Å². The number of hydrogen-bond acceptors (Lipinski definition) is 3. The Morgan fingerprint density at radius 3 is 1.16 bits per heavy atom. The third-order valence-electron chi connectivity index (χ3n) is 1.98. The fraction of sp³-hybridized carbons (Fsp3) is 0.250. The Balaban J connectivity index is 0.000000393. The standard InChI is InChI=1S/C12H10.C2H6O2.C2H6O/c1-3-7-11(8-4-1)12-9-5-2-6-10-12;3-1-2-4;1-3-2/h1-10H;3-4H,1-2H2;1-2H3. The predicted octanol–water partition coefficient (Wildman–Crippen LogP) is 2.59. The first-order valence-corrected chi connectivity index (χ1v) is 6.02. The van der Waals surface area contributed by atoms with Gasteiger partial charge in [-0.2, -0.15) is 0 Å². The highest BCUT2D eigenvalue weighted by Crippen LogP contribution is 2.17. The van der Waals surface area contributed by atoms with Crippen LogP contribution in [0.2, 0.25) is 0 Å². The quantitative estimate of drug-likeness (QED) is 0.874.